The molecule has 28 heavy (non-hydrogen) atoms. The van der Waals surface area contributed by atoms with E-state index in [4.69, 9.17) is 0 Å². The van der Waals surface area contributed by atoms with Crippen LogP contribution in [0.3, 0.4) is 0 Å². The summed E-state index contributed by atoms with van der Waals surface area (Å²) < 4.78 is 0. The molecule has 0 spiro atoms. The maximum Gasteiger partial charge on any atom is -0.00873 e. The number of benzene rings is 2. The van der Waals surface area contributed by atoms with Gasteiger partial charge in [0.1, 0.15) is 0 Å². The van der Waals surface area contributed by atoms with E-state index in [9.17, 15) is 0 Å². The highest BCUT2D eigenvalue weighted by Crippen LogP contribution is 2.64. The zero-order valence-electron chi connectivity index (χ0n) is 18.7. The summed E-state index contributed by atoms with van der Waals surface area (Å²) in [7, 11) is 3.14. The van der Waals surface area contributed by atoms with Gasteiger partial charge in [0.2, 0.25) is 0 Å². The van der Waals surface area contributed by atoms with E-state index in [-0.39, 0.29) is 5.41 Å². The van der Waals surface area contributed by atoms with Gasteiger partial charge in [-0.15, -0.1) is 9.24 Å². The molecule has 3 rings (SSSR count). The highest BCUT2D eigenvalue weighted by atomic mass is 31.0. The first kappa shape index (κ1) is 21.6. The van der Waals surface area contributed by atoms with Crippen LogP contribution in [0.5, 0.6) is 0 Å². The van der Waals surface area contributed by atoms with E-state index in [2.05, 4.69) is 111 Å². The molecule has 0 nitrogen and oxygen atoms in total. The van der Waals surface area contributed by atoms with Crippen molar-refractivity contribution in [2.75, 3.05) is 6.16 Å². The fraction of sp³-hybridized carbons (Fsp3) is 0.556. The number of hydrogen-bond donors (Lipinski definition) is 0. The molecule has 1 saturated carbocycles. The van der Waals surface area contributed by atoms with Gasteiger partial charge in [0.05, 0.1) is 0 Å². The summed E-state index contributed by atoms with van der Waals surface area (Å²) in [5, 5.41) is 0. The molecular formula is C27H39P. The first-order valence-corrected chi connectivity index (χ1v) is 11.7. The lowest BCUT2D eigenvalue weighted by Gasteiger charge is -2.60. The smallest absolute Gasteiger partial charge is 0.00873 e. The van der Waals surface area contributed by atoms with E-state index < -0.39 is 0 Å². The summed E-state index contributed by atoms with van der Waals surface area (Å²) in [4.78, 5) is 0. The van der Waals surface area contributed by atoms with E-state index in [0.29, 0.717) is 28.6 Å². The van der Waals surface area contributed by atoms with Crippen LogP contribution < -0.4 is 0 Å². The Labute approximate surface area is 175 Å². The highest BCUT2D eigenvalue weighted by molar-refractivity contribution is 7.16. The predicted octanol–water partition coefficient (Wildman–Crippen LogP) is 7.92. The van der Waals surface area contributed by atoms with Crippen LogP contribution in [-0.2, 0) is 0 Å². The molecule has 0 aromatic heterocycles. The molecule has 0 radical (unpaired) electrons. The monoisotopic (exact) mass is 394 g/mol. The molecule has 2 aromatic carbocycles. The Morgan fingerprint density at radius 2 is 1.25 bits per heavy atom. The second-order valence-electron chi connectivity index (χ2n) is 11.0. The molecule has 0 saturated heterocycles. The van der Waals surface area contributed by atoms with Crippen molar-refractivity contribution in [3.05, 3.63) is 71.8 Å². The van der Waals surface area contributed by atoms with Crippen molar-refractivity contribution in [2.45, 2.75) is 66.2 Å². The molecule has 152 valence electrons. The zero-order chi connectivity index (χ0) is 20.6. The Hall–Kier alpha value is -1.13. The largest absolute Gasteiger partial charge is 0.137 e. The summed E-state index contributed by atoms with van der Waals surface area (Å²) in [6, 6.07) is 22.6. The second kappa shape index (κ2) is 7.95. The average Bonchev–Trinajstić information content (AvgIpc) is 2.66. The van der Waals surface area contributed by atoms with Crippen LogP contribution in [0.1, 0.15) is 77.3 Å². The van der Waals surface area contributed by atoms with Gasteiger partial charge >= 0.3 is 0 Å². The third-order valence-corrected chi connectivity index (χ3v) is 8.31. The number of hydrogen-bond acceptors (Lipinski definition) is 0. The molecule has 0 amide bonds. The Morgan fingerprint density at radius 3 is 1.64 bits per heavy atom. The van der Waals surface area contributed by atoms with E-state index in [1.165, 1.54) is 30.1 Å². The Balaban J connectivity index is 2.16. The fourth-order valence-corrected chi connectivity index (χ4v) is 7.05. The summed E-state index contributed by atoms with van der Waals surface area (Å²) in [5.41, 5.74) is 3.88. The van der Waals surface area contributed by atoms with Crippen molar-refractivity contribution < 1.29 is 0 Å². The minimum atomic E-state index is 0.265. The molecule has 0 bridgehead atoms. The van der Waals surface area contributed by atoms with Crippen molar-refractivity contribution >= 4 is 9.24 Å². The molecule has 1 aliphatic rings. The van der Waals surface area contributed by atoms with Crippen LogP contribution in [0.4, 0.5) is 0 Å². The summed E-state index contributed by atoms with van der Waals surface area (Å²) in [6.45, 7) is 14.8. The van der Waals surface area contributed by atoms with Gasteiger partial charge in [0.15, 0.2) is 0 Å². The van der Waals surface area contributed by atoms with E-state index >= 15 is 0 Å². The minimum Gasteiger partial charge on any atom is -0.137 e. The van der Waals surface area contributed by atoms with Crippen molar-refractivity contribution in [1.82, 2.24) is 0 Å². The molecule has 5 atom stereocenters. The maximum absolute atomic E-state index is 3.14. The van der Waals surface area contributed by atoms with Crippen LogP contribution in [-0.4, -0.2) is 6.16 Å². The Bertz CT molecular complexity index is 750. The van der Waals surface area contributed by atoms with Crippen LogP contribution >= 0.6 is 9.24 Å². The Morgan fingerprint density at radius 1 is 0.786 bits per heavy atom. The van der Waals surface area contributed by atoms with Crippen molar-refractivity contribution in [1.29, 1.82) is 0 Å². The minimum absolute atomic E-state index is 0.265. The zero-order valence-corrected chi connectivity index (χ0v) is 19.9. The highest BCUT2D eigenvalue weighted by Gasteiger charge is 2.56. The predicted molar refractivity (Wildman–Crippen MR) is 127 cm³/mol. The molecule has 1 aliphatic carbocycles. The molecule has 0 N–H and O–H groups in total. The number of rotatable bonds is 3. The lowest BCUT2D eigenvalue weighted by Crippen LogP contribution is -2.53. The summed E-state index contributed by atoms with van der Waals surface area (Å²) in [5.74, 6) is 1.84. The first-order chi connectivity index (χ1) is 13.1. The third-order valence-electron chi connectivity index (χ3n) is 7.59. The van der Waals surface area contributed by atoms with Crippen molar-refractivity contribution in [3.8, 4) is 0 Å². The van der Waals surface area contributed by atoms with Gasteiger partial charge in [0, 0.05) is 0 Å². The lowest BCUT2D eigenvalue weighted by molar-refractivity contribution is -0.0668. The third kappa shape index (κ3) is 3.95. The van der Waals surface area contributed by atoms with E-state index in [1.54, 1.807) is 0 Å². The lowest BCUT2D eigenvalue weighted by atomic mass is 9.45. The molecule has 1 heteroatoms. The quantitative estimate of drug-likeness (QED) is 0.464. The van der Waals surface area contributed by atoms with Crippen molar-refractivity contribution in [2.24, 2.45) is 22.2 Å². The molecule has 2 aromatic rings. The van der Waals surface area contributed by atoms with Crippen LogP contribution in [0.25, 0.3) is 0 Å². The van der Waals surface area contributed by atoms with Gasteiger partial charge < -0.3 is 0 Å². The Kier molecular flexibility index (Phi) is 6.12. The second-order valence-corrected chi connectivity index (χ2v) is 11.4. The molecule has 5 unspecified atom stereocenters. The summed E-state index contributed by atoms with van der Waals surface area (Å²) >= 11 is 0. The average molecular weight is 395 g/mol. The fourth-order valence-electron chi connectivity index (χ4n) is 5.98. The molecule has 1 fully saturated rings. The maximum atomic E-state index is 3.14. The van der Waals surface area contributed by atoms with Crippen LogP contribution in [0.15, 0.2) is 60.7 Å². The van der Waals surface area contributed by atoms with Crippen molar-refractivity contribution in [3.63, 3.8) is 0 Å². The normalized spacial score (nSPS) is 28.9. The van der Waals surface area contributed by atoms with Gasteiger partial charge in [-0.1, -0.05) is 102 Å². The van der Waals surface area contributed by atoms with Crippen LogP contribution in [0.2, 0.25) is 0 Å². The van der Waals surface area contributed by atoms with Gasteiger partial charge in [0.25, 0.3) is 0 Å². The molecule has 0 aliphatic heterocycles. The summed E-state index contributed by atoms with van der Waals surface area (Å²) in [6.07, 6.45) is 3.69. The topological polar surface area (TPSA) is 0 Å². The van der Waals surface area contributed by atoms with Crippen LogP contribution in [0, 0.1) is 22.2 Å². The van der Waals surface area contributed by atoms with E-state index in [0.717, 1.165) is 0 Å². The SMILES string of the molecule is CC(C)(C)C1CC(c2ccccc2)C(c2ccccc2)CC1(CP)C(C)(C)C. The van der Waals surface area contributed by atoms with Gasteiger partial charge in [-0.3, -0.25) is 0 Å². The standard InChI is InChI=1S/C27H39P/c1-25(2,3)24-17-22(20-13-9-7-10-14-20)23(21-15-11-8-12-16-21)18-27(24,19-28)26(4,5)6/h7-16,22-24H,17-19,28H2,1-6H3. The van der Waals surface area contributed by atoms with Gasteiger partial charge in [-0.2, -0.15) is 0 Å². The van der Waals surface area contributed by atoms with Gasteiger partial charge in [-0.05, 0) is 64.1 Å². The molecule has 0 heterocycles. The first-order valence-electron chi connectivity index (χ1n) is 10.9. The van der Waals surface area contributed by atoms with Gasteiger partial charge in [-0.25, -0.2) is 0 Å². The molecular weight excluding hydrogens is 355 g/mol. The van der Waals surface area contributed by atoms with E-state index in [1.807, 2.05) is 0 Å².